The third-order valence-corrected chi connectivity index (χ3v) is 3.64. The average Bonchev–Trinajstić information content (AvgIpc) is 2.95. The molecule has 0 saturated carbocycles. The Morgan fingerprint density at radius 3 is 2.65 bits per heavy atom. The Kier molecular flexibility index (Phi) is 4.35. The van der Waals surface area contributed by atoms with Crippen molar-refractivity contribution in [3.8, 4) is 5.69 Å². The number of benzene rings is 2. The summed E-state index contributed by atoms with van der Waals surface area (Å²) in [4.78, 5) is 12.3. The summed E-state index contributed by atoms with van der Waals surface area (Å²) >= 11 is 5.99. The van der Waals surface area contributed by atoms with Crippen LogP contribution in [0.2, 0.25) is 5.02 Å². The molecule has 0 aliphatic carbocycles. The van der Waals surface area contributed by atoms with Gasteiger partial charge in [0, 0.05) is 5.02 Å². The molecule has 0 aliphatic heterocycles. The van der Waals surface area contributed by atoms with Crippen molar-refractivity contribution in [3.63, 3.8) is 0 Å². The molecule has 1 heterocycles. The maximum absolute atomic E-state index is 12.3. The fraction of sp³-hybridized carbons (Fsp3) is 0.0556. The summed E-state index contributed by atoms with van der Waals surface area (Å²) < 4.78 is 1.61. The van der Waals surface area contributed by atoms with Gasteiger partial charge in [0.05, 0.1) is 11.4 Å². The Balaban J connectivity index is 1.87. The number of hydrogen-bond donors (Lipinski definition) is 0. The number of hydrogen-bond acceptors (Lipinski definition) is 3. The molecule has 0 saturated heterocycles. The lowest BCUT2D eigenvalue weighted by molar-refractivity contribution is 0.104. The van der Waals surface area contributed by atoms with Gasteiger partial charge in [-0.15, -0.1) is 5.10 Å². The Bertz CT molecular complexity index is 869. The van der Waals surface area contributed by atoms with Gasteiger partial charge < -0.3 is 0 Å². The van der Waals surface area contributed by atoms with E-state index in [1.54, 1.807) is 22.9 Å². The normalized spacial score (nSPS) is 11.0. The van der Waals surface area contributed by atoms with Crippen molar-refractivity contribution in [1.29, 1.82) is 0 Å². The van der Waals surface area contributed by atoms with E-state index in [0.717, 1.165) is 11.3 Å². The molecule has 2 aromatic carbocycles. The van der Waals surface area contributed by atoms with E-state index < -0.39 is 0 Å². The Morgan fingerprint density at radius 2 is 1.91 bits per heavy atom. The maximum Gasteiger partial charge on any atom is 0.208 e. The number of ketones is 1. The molecule has 0 aliphatic rings. The molecule has 3 rings (SSSR count). The number of carbonyl (C=O) groups is 1. The number of allylic oxidation sites excluding steroid dienone is 1. The van der Waals surface area contributed by atoms with Crippen LogP contribution in [0.25, 0.3) is 11.8 Å². The first-order chi connectivity index (χ1) is 11.1. The largest absolute Gasteiger partial charge is 0.287 e. The Morgan fingerprint density at radius 1 is 1.13 bits per heavy atom. The zero-order valence-corrected chi connectivity index (χ0v) is 13.2. The van der Waals surface area contributed by atoms with Gasteiger partial charge in [-0.25, -0.2) is 4.68 Å². The van der Waals surface area contributed by atoms with E-state index in [1.165, 1.54) is 6.08 Å². The maximum atomic E-state index is 12.3. The van der Waals surface area contributed by atoms with E-state index in [0.29, 0.717) is 16.4 Å². The monoisotopic (exact) mass is 323 g/mol. The zero-order valence-electron chi connectivity index (χ0n) is 12.5. The second-order valence-electron chi connectivity index (χ2n) is 5.02. The predicted octanol–water partition coefficient (Wildman–Crippen LogP) is 4.13. The SMILES string of the molecule is Cc1c(C(=O)/C=C/c2ccccc2)nnn1-c1cccc(Cl)c1. The van der Waals surface area contributed by atoms with Gasteiger partial charge >= 0.3 is 0 Å². The molecule has 0 radical (unpaired) electrons. The van der Waals surface area contributed by atoms with Crippen LogP contribution in [0.3, 0.4) is 0 Å². The minimum Gasteiger partial charge on any atom is -0.287 e. The molecular formula is C18H14ClN3O. The average molecular weight is 324 g/mol. The van der Waals surface area contributed by atoms with Crippen molar-refractivity contribution in [3.05, 3.63) is 82.6 Å². The van der Waals surface area contributed by atoms with Gasteiger partial charge in [-0.1, -0.05) is 59.3 Å². The standard InChI is InChI=1S/C18H14ClN3O/c1-13-18(17(23)11-10-14-6-3-2-4-7-14)20-21-22(13)16-9-5-8-15(19)12-16/h2-12H,1H3/b11-10+. The molecule has 3 aromatic rings. The van der Waals surface area contributed by atoms with Gasteiger partial charge in [-0.2, -0.15) is 0 Å². The van der Waals surface area contributed by atoms with Gasteiger partial charge in [-0.3, -0.25) is 4.79 Å². The Hall–Kier alpha value is -2.72. The minimum atomic E-state index is -0.181. The molecular weight excluding hydrogens is 310 g/mol. The summed E-state index contributed by atoms with van der Waals surface area (Å²) in [6.07, 6.45) is 3.27. The van der Waals surface area contributed by atoms with Crippen LogP contribution < -0.4 is 0 Å². The lowest BCUT2D eigenvalue weighted by Gasteiger charge is -2.03. The van der Waals surface area contributed by atoms with Crippen molar-refractivity contribution in [2.75, 3.05) is 0 Å². The van der Waals surface area contributed by atoms with Crippen LogP contribution >= 0.6 is 11.6 Å². The summed E-state index contributed by atoms with van der Waals surface area (Å²) in [7, 11) is 0. The Labute approximate surface area is 139 Å². The van der Waals surface area contributed by atoms with E-state index in [2.05, 4.69) is 10.3 Å². The van der Waals surface area contributed by atoms with E-state index >= 15 is 0 Å². The molecule has 0 bridgehead atoms. The number of aromatic nitrogens is 3. The van der Waals surface area contributed by atoms with Gasteiger partial charge in [0.1, 0.15) is 0 Å². The lowest BCUT2D eigenvalue weighted by atomic mass is 10.1. The molecule has 4 nitrogen and oxygen atoms in total. The minimum absolute atomic E-state index is 0.181. The summed E-state index contributed by atoms with van der Waals surface area (Å²) in [6, 6.07) is 16.9. The number of nitrogens with zero attached hydrogens (tertiary/aromatic N) is 3. The van der Waals surface area contributed by atoms with Crippen molar-refractivity contribution in [2.45, 2.75) is 6.92 Å². The molecule has 1 aromatic heterocycles. The first-order valence-corrected chi connectivity index (χ1v) is 7.48. The topological polar surface area (TPSA) is 47.8 Å². The van der Waals surface area contributed by atoms with Crippen LogP contribution in [0.5, 0.6) is 0 Å². The zero-order chi connectivity index (χ0) is 16.2. The second kappa shape index (κ2) is 6.58. The molecule has 114 valence electrons. The highest BCUT2D eigenvalue weighted by Gasteiger charge is 2.15. The number of carbonyl (C=O) groups excluding carboxylic acids is 1. The molecule has 0 fully saturated rings. The molecule has 0 unspecified atom stereocenters. The van der Waals surface area contributed by atoms with E-state index in [4.69, 9.17) is 11.6 Å². The molecule has 23 heavy (non-hydrogen) atoms. The predicted molar refractivity (Wildman–Crippen MR) is 90.9 cm³/mol. The third kappa shape index (κ3) is 3.38. The van der Waals surface area contributed by atoms with Gasteiger partial charge in [0.15, 0.2) is 5.69 Å². The first-order valence-electron chi connectivity index (χ1n) is 7.11. The fourth-order valence-corrected chi connectivity index (χ4v) is 2.41. The van der Waals surface area contributed by atoms with Crippen LogP contribution in [0, 0.1) is 6.92 Å². The second-order valence-corrected chi connectivity index (χ2v) is 5.46. The van der Waals surface area contributed by atoms with Crippen LogP contribution in [-0.2, 0) is 0 Å². The van der Waals surface area contributed by atoms with Gasteiger partial charge in [0.2, 0.25) is 5.78 Å². The summed E-state index contributed by atoms with van der Waals surface area (Å²) in [5.41, 5.74) is 2.74. The first kappa shape index (κ1) is 15.2. The fourth-order valence-electron chi connectivity index (χ4n) is 2.22. The number of rotatable bonds is 4. The van der Waals surface area contributed by atoms with E-state index in [9.17, 15) is 4.79 Å². The van der Waals surface area contributed by atoms with Gasteiger partial charge in [-0.05, 0) is 36.8 Å². The quantitative estimate of drug-likeness (QED) is 0.536. The van der Waals surface area contributed by atoms with Crippen LogP contribution in [0.4, 0.5) is 0 Å². The van der Waals surface area contributed by atoms with E-state index in [1.807, 2.05) is 49.4 Å². The van der Waals surface area contributed by atoms with Gasteiger partial charge in [0.25, 0.3) is 0 Å². The highest BCUT2D eigenvalue weighted by atomic mass is 35.5. The van der Waals surface area contributed by atoms with Crippen molar-refractivity contribution >= 4 is 23.5 Å². The van der Waals surface area contributed by atoms with Crippen molar-refractivity contribution < 1.29 is 4.79 Å². The van der Waals surface area contributed by atoms with Crippen LogP contribution in [0.1, 0.15) is 21.7 Å². The van der Waals surface area contributed by atoms with Crippen LogP contribution in [0.15, 0.2) is 60.7 Å². The molecule has 0 atom stereocenters. The van der Waals surface area contributed by atoms with Crippen LogP contribution in [-0.4, -0.2) is 20.8 Å². The summed E-state index contributed by atoms with van der Waals surface area (Å²) in [5, 5.41) is 8.67. The smallest absolute Gasteiger partial charge is 0.208 e. The van der Waals surface area contributed by atoms with Crippen molar-refractivity contribution in [2.24, 2.45) is 0 Å². The molecule has 0 N–H and O–H groups in total. The number of halogens is 1. The van der Waals surface area contributed by atoms with E-state index in [-0.39, 0.29) is 5.78 Å². The molecule has 0 amide bonds. The molecule has 5 heteroatoms. The highest BCUT2D eigenvalue weighted by Crippen LogP contribution is 2.17. The van der Waals surface area contributed by atoms with Crippen molar-refractivity contribution in [1.82, 2.24) is 15.0 Å². The highest BCUT2D eigenvalue weighted by molar-refractivity contribution is 6.30. The summed E-state index contributed by atoms with van der Waals surface area (Å²) in [5.74, 6) is -0.181. The molecule has 0 spiro atoms. The third-order valence-electron chi connectivity index (χ3n) is 3.41. The lowest BCUT2D eigenvalue weighted by Crippen LogP contribution is -2.01. The summed E-state index contributed by atoms with van der Waals surface area (Å²) in [6.45, 7) is 1.81.